The van der Waals surface area contributed by atoms with E-state index in [9.17, 15) is 0 Å². The summed E-state index contributed by atoms with van der Waals surface area (Å²) in [6.07, 6.45) is 3.72. The summed E-state index contributed by atoms with van der Waals surface area (Å²) in [7, 11) is 3.29. The molecule has 0 aliphatic carbocycles. The largest absolute Gasteiger partial charge is 0.496 e. The summed E-state index contributed by atoms with van der Waals surface area (Å²) in [6.45, 7) is 1.98. The van der Waals surface area contributed by atoms with Crippen molar-refractivity contribution >= 4 is 28.7 Å². The molecule has 0 aliphatic heterocycles. The Morgan fingerprint density at radius 1 is 0.923 bits per heavy atom. The third-order valence-corrected chi connectivity index (χ3v) is 4.19. The standard InChI is InChI=1S/C20H18N4O2/c1-13-8-10-17(25-2)20-22-19(23-24(13)20)11-9-14-12-18(26-3)15-6-4-5-7-16(15)21-14/h4-12H,1-3H3/b11-9+. The van der Waals surface area contributed by atoms with Crippen LogP contribution in [-0.4, -0.2) is 33.8 Å². The van der Waals surface area contributed by atoms with Crippen LogP contribution in [0.15, 0.2) is 42.5 Å². The van der Waals surface area contributed by atoms with Crippen molar-refractivity contribution in [2.75, 3.05) is 14.2 Å². The van der Waals surface area contributed by atoms with Gasteiger partial charge in [-0.1, -0.05) is 12.1 Å². The number of fused-ring (bicyclic) bond motifs is 2. The summed E-state index contributed by atoms with van der Waals surface area (Å²) in [6, 6.07) is 13.6. The van der Waals surface area contributed by atoms with Crippen LogP contribution in [0.2, 0.25) is 0 Å². The number of rotatable bonds is 4. The molecule has 0 spiro atoms. The van der Waals surface area contributed by atoms with Crippen molar-refractivity contribution in [3.63, 3.8) is 0 Å². The summed E-state index contributed by atoms with van der Waals surface area (Å²) in [4.78, 5) is 9.20. The van der Waals surface area contributed by atoms with Crippen LogP contribution in [-0.2, 0) is 0 Å². The second-order valence-corrected chi connectivity index (χ2v) is 5.85. The van der Waals surface area contributed by atoms with E-state index in [1.54, 1.807) is 18.7 Å². The molecule has 0 aliphatic rings. The van der Waals surface area contributed by atoms with Gasteiger partial charge in [0.1, 0.15) is 5.75 Å². The molecule has 0 atom stereocenters. The third-order valence-electron chi connectivity index (χ3n) is 4.19. The van der Waals surface area contributed by atoms with Crippen molar-refractivity contribution in [1.82, 2.24) is 19.6 Å². The quantitative estimate of drug-likeness (QED) is 0.563. The zero-order valence-electron chi connectivity index (χ0n) is 14.8. The fraction of sp³-hybridized carbons (Fsp3) is 0.150. The van der Waals surface area contributed by atoms with E-state index in [2.05, 4.69) is 15.1 Å². The summed E-state index contributed by atoms with van der Waals surface area (Å²) >= 11 is 0. The lowest BCUT2D eigenvalue weighted by molar-refractivity contribution is 0.416. The van der Waals surface area contributed by atoms with Crippen molar-refractivity contribution < 1.29 is 9.47 Å². The second kappa shape index (κ2) is 6.48. The van der Waals surface area contributed by atoms with Gasteiger partial charge in [-0.25, -0.2) is 14.5 Å². The van der Waals surface area contributed by atoms with E-state index in [0.717, 1.165) is 28.0 Å². The number of ether oxygens (including phenoxy) is 2. The van der Waals surface area contributed by atoms with Gasteiger partial charge in [0.15, 0.2) is 17.2 Å². The lowest BCUT2D eigenvalue weighted by Crippen LogP contribution is -1.95. The fourth-order valence-electron chi connectivity index (χ4n) is 2.88. The second-order valence-electron chi connectivity index (χ2n) is 5.85. The van der Waals surface area contributed by atoms with Gasteiger partial charge in [-0.15, -0.1) is 5.10 Å². The molecule has 26 heavy (non-hydrogen) atoms. The average Bonchev–Trinajstić information content (AvgIpc) is 3.11. The maximum Gasteiger partial charge on any atom is 0.198 e. The van der Waals surface area contributed by atoms with Crippen molar-refractivity contribution in [2.45, 2.75) is 6.92 Å². The van der Waals surface area contributed by atoms with Gasteiger partial charge in [0.2, 0.25) is 0 Å². The number of aryl methyl sites for hydroxylation is 1. The predicted molar refractivity (Wildman–Crippen MR) is 101 cm³/mol. The highest BCUT2D eigenvalue weighted by molar-refractivity contribution is 5.86. The molecule has 0 N–H and O–H groups in total. The van der Waals surface area contributed by atoms with Crippen molar-refractivity contribution in [3.05, 3.63) is 59.7 Å². The van der Waals surface area contributed by atoms with Gasteiger partial charge in [0.05, 0.1) is 25.4 Å². The molecule has 0 saturated heterocycles. The van der Waals surface area contributed by atoms with E-state index >= 15 is 0 Å². The smallest absolute Gasteiger partial charge is 0.198 e. The van der Waals surface area contributed by atoms with Crippen LogP contribution < -0.4 is 9.47 Å². The maximum absolute atomic E-state index is 5.49. The van der Waals surface area contributed by atoms with Crippen molar-refractivity contribution in [2.24, 2.45) is 0 Å². The molecule has 130 valence electrons. The first-order valence-corrected chi connectivity index (χ1v) is 8.22. The van der Waals surface area contributed by atoms with Gasteiger partial charge in [0.25, 0.3) is 0 Å². The summed E-state index contributed by atoms with van der Waals surface area (Å²) in [5, 5.41) is 5.51. The molecule has 4 aromatic rings. The lowest BCUT2D eigenvalue weighted by atomic mass is 10.2. The summed E-state index contributed by atoms with van der Waals surface area (Å²) in [5.41, 5.74) is 3.34. The summed E-state index contributed by atoms with van der Waals surface area (Å²) < 4.78 is 12.6. The van der Waals surface area contributed by atoms with Gasteiger partial charge >= 0.3 is 0 Å². The van der Waals surface area contributed by atoms with E-state index in [-0.39, 0.29) is 0 Å². The Balaban J connectivity index is 1.75. The molecule has 6 nitrogen and oxygen atoms in total. The molecule has 4 rings (SSSR count). The minimum absolute atomic E-state index is 0.589. The number of benzene rings is 1. The molecule has 0 saturated carbocycles. The number of hydrogen-bond donors (Lipinski definition) is 0. The minimum Gasteiger partial charge on any atom is -0.496 e. The summed E-state index contributed by atoms with van der Waals surface area (Å²) in [5.74, 6) is 2.07. The monoisotopic (exact) mass is 346 g/mol. The number of para-hydroxylation sites is 1. The highest BCUT2D eigenvalue weighted by atomic mass is 16.5. The third kappa shape index (κ3) is 2.75. The van der Waals surface area contributed by atoms with E-state index < -0.39 is 0 Å². The molecule has 6 heteroatoms. The molecule has 0 bridgehead atoms. The molecule has 0 amide bonds. The Hall–Kier alpha value is -3.41. The van der Waals surface area contributed by atoms with Crippen LogP contribution >= 0.6 is 0 Å². The topological polar surface area (TPSA) is 61.5 Å². The number of pyridine rings is 2. The Morgan fingerprint density at radius 3 is 2.54 bits per heavy atom. The number of nitrogens with zero attached hydrogens (tertiary/aromatic N) is 4. The molecule has 1 aromatic carbocycles. The van der Waals surface area contributed by atoms with Gasteiger partial charge in [-0.3, -0.25) is 0 Å². The predicted octanol–water partition coefficient (Wildman–Crippen LogP) is 3.77. The number of aromatic nitrogens is 4. The minimum atomic E-state index is 0.589. The van der Waals surface area contributed by atoms with E-state index in [1.165, 1.54) is 0 Å². The normalized spacial score (nSPS) is 11.5. The average molecular weight is 346 g/mol. The van der Waals surface area contributed by atoms with Crippen LogP contribution in [0.3, 0.4) is 0 Å². The highest BCUT2D eigenvalue weighted by Gasteiger charge is 2.09. The fourth-order valence-corrected chi connectivity index (χ4v) is 2.88. The molecule has 0 fully saturated rings. The SMILES string of the molecule is COc1cc(/C=C/c2nc3c(OC)ccc(C)n3n2)nc2ccccc12. The highest BCUT2D eigenvalue weighted by Crippen LogP contribution is 2.26. The van der Waals surface area contributed by atoms with Crippen LogP contribution in [0.25, 0.3) is 28.7 Å². The maximum atomic E-state index is 5.49. The van der Waals surface area contributed by atoms with Crippen LogP contribution in [0.4, 0.5) is 0 Å². The molecule has 3 heterocycles. The van der Waals surface area contributed by atoms with Gasteiger partial charge in [-0.05, 0) is 43.3 Å². The Morgan fingerprint density at radius 2 is 1.73 bits per heavy atom. The van der Waals surface area contributed by atoms with E-state index in [0.29, 0.717) is 17.2 Å². The molecular weight excluding hydrogens is 328 g/mol. The molecular formula is C20H18N4O2. The first-order valence-electron chi connectivity index (χ1n) is 8.22. The Kier molecular flexibility index (Phi) is 4.01. The van der Waals surface area contributed by atoms with Crippen molar-refractivity contribution in [1.29, 1.82) is 0 Å². The van der Waals surface area contributed by atoms with E-state index in [4.69, 9.17) is 9.47 Å². The van der Waals surface area contributed by atoms with Crippen LogP contribution in [0, 0.1) is 6.92 Å². The molecule has 0 unspecified atom stereocenters. The zero-order valence-corrected chi connectivity index (χ0v) is 14.8. The Bertz CT molecular complexity index is 1130. The molecule has 3 aromatic heterocycles. The molecule has 0 radical (unpaired) electrons. The van der Waals surface area contributed by atoms with Gasteiger partial charge in [0, 0.05) is 17.1 Å². The lowest BCUT2D eigenvalue weighted by Gasteiger charge is -2.06. The van der Waals surface area contributed by atoms with Crippen LogP contribution in [0.1, 0.15) is 17.2 Å². The number of methoxy groups -OCH3 is 2. The number of hydrogen-bond acceptors (Lipinski definition) is 5. The Labute approximate surface area is 150 Å². The van der Waals surface area contributed by atoms with Crippen LogP contribution in [0.5, 0.6) is 11.5 Å². The first kappa shape index (κ1) is 16.1. The van der Waals surface area contributed by atoms with Crippen molar-refractivity contribution in [3.8, 4) is 11.5 Å². The van der Waals surface area contributed by atoms with Gasteiger partial charge in [-0.2, -0.15) is 0 Å². The first-order chi connectivity index (χ1) is 12.7. The van der Waals surface area contributed by atoms with Gasteiger partial charge < -0.3 is 9.47 Å². The zero-order chi connectivity index (χ0) is 18.1. The van der Waals surface area contributed by atoms with E-state index in [1.807, 2.05) is 61.5 Å².